The Bertz CT molecular complexity index is 1080. The molecule has 0 aliphatic heterocycles. The van der Waals surface area contributed by atoms with Gasteiger partial charge in [0.2, 0.25) is 10.0 Å². The minimum atomic E-state index is -3.36. The number of Topliss-reactive ketones (excluding diaryl/α,β-unsaturated/α-hetero) is 1. The van der Waals surface area contributed by atoms with Gasteiger partial charge in [0.05, 0.1) is 11.3 Å². The molecule has 28 heavy (non-hydrogen) atoms. The standard InChI is InChI=1S/C21H18ClNO4S/c1-28(25,26)23-18-10-7-16(8-11-18)20(24)14-27-21-12-9-17(13-19(21)22)15-5-3-2-4-6-15/h2-13,23H,14H2,1H3. The fraction of sp³-hybridized carbons (Fsp3) is 0.0952. The summed E-state index contributed by atoms with van der Waals surface area (Å²) in [6.45, 7) is -0.177. The second-order valence-corrected chi connectivity index (χ2v) is 8.33. The highest BCUT2D eigenvalue weighted by Crippen LogP contribution is 2.30. The van der Waals surface area contributed by atoms with Gasteiger partial charge in [-0.05, 0) is 47.5 Å². The highest BCUT2D eigenvalue weighted by molar-refractivity contribution is 7.92. The Morgan fingerprint density at radius 2 is 1.64 bits per heavy atom. The largest absolute Gasteiger partial charge is 0.484 e. The summed E-state index contributed by atoms with van der Waals surface area (Å²) in [6.07, 6.45) is 1.06. The zero-order valence-electron chi connectivity index (χ0n) is 15.1. The molecular formula is C21H18ClNO4S. The molecule has 0 heterocycles. The highest BCUT2D eigenvalue weighted by Gasteiger charge is 2.10. The SMILES string of the molecule is CS(=O)(=O)Nc1ccc(C(=O)COc2ccc(-c3ccccc3)cc2Cl)cc1. The minimum Gasteiger partial charge on any atom is -0.484 e. The molecule has 0 aliphatic carbocycles. The zero-order valence-corrected chi connectivity index (χ0v) is 16.6. The number of anilines is 1. The third kappa shape index (κ3) is 5.34. The Morgan fingerprint density at radius 3 is 2.25 bits per heavy atom. The Morgan fingerprint density at radius 1 is 0.964 bits per heavy atom. The Kier molecular flexibility index (Phi) is 6.02. The molecule has 0 atom stereocenters. The van der Waals surface area contributed by atoms with Crippen LogP contribution in [0.2, 0.25) is 5.02 Å². The van der Waals surface area contributed by atoms with Gasteiger partial charge in [-0.1, -0.05) is 48.0 Å². The van der Waals surface area contributed by atoms with Gasteiger partial charge < -0.3 is 4.74 Å². The van der Waals surface area contributed by atoms with Crippen LogP contribution in [0.5, 0.6) is 5.75 Å². The Balaban J connectivity index is 1.64. The van der Waals surface area contributed by atoms with Crippen LogP contribution in [0.15, 0.2) is 72.8 Å². The molecule has 5 nitrogen and oxygen atoms in total. The first-order chi connectivity index (χ1) is 13.3. The van der Waals surface area contributed by atoms with Crippen molar-refractivity contribution in [2.45, 2.75) is 0 Å². The third-order valence-electron chi connectivity index (χ3n) is 3.91. The van der Waals surface area contributed by atoms with Gasteiger partial charge in [-0.15, -0.1) is 0 Å². The first-order valence-corrected chi connectivity index (χ1v) is 10.7. The number of hydrogen-bond donors (Lipinski definition) is 1. The molecule has 144 valence electrons. The lowest BCUT2D eigenvalue weighted by atomic mass is 10.1. The maximum Gasteiger partial charge on any atom is 0.229 e. The second kappa shape index (κ2) is 8.46. The monoisotopic (exact) mass is 415 g/mol. The third-order valence-corrected chi connectivity index (χ3v) is 4.81. The van der Waals surface area contributed by atoms with E-state index in [9.17, 15) is 13.2 Å². The van der Waals surface area contributed by atoms with Crippen LogP contribution < -0.4 is 9.46 Å². The molecule has 0 aliphatic rings. The zero-order chi connectivity index (χ0) is 20.1. The first-order valence-electron chi connectivity index (χ1n) is 8.41. The predicted molar refractivity (Wildman–Crippen MR) is 112 cm³/mol. The van der Waals surface area contributed by atoms with Crippen molar-refractivity contribution in [2.75, 3.05) is 17.6 Å². The fourth-order valence-electron chi connectivity index (χ4n) is 2.59. The summed E-state index contributed by atoms with van der Waals surface area (Å²) < 4.78 is 30.3. The summed E-state index contributed by atoms with van der Waals surface area (Å²) in [5.41, 5.74) is 2.80. The summed E-state index contributed by atoms with van der Waals surface area (Å²) in [5.74, 6) is 0.180. The average molecular weight is 416 g/mol. The van der Waals surface area contributed by atoms with E-state index in [-0.39, 0.29) is 12.4 Å². The molecule has 3 aromatic carbocycles. The van der Waals surface area contributed by atoms with E-state index in [1.54, 1.807) is 24.3 Å². The molecule has 1 N–H and O–H groups in total. The smallest absolute Gasteiger partial charge is 0.229 e. The van der Waals surface area contributed by atoms with E-state index in [1.165, 1.54) is 12.1 Å². The molecule has 0 saturated carbocycles. The summed E-state index contributed by atoms with van der Waals surface area (Å²) in [7, 11) is -3.36. The number of ether oxygens (including phenoxy) is 1. The minimum absolute atomic E-state index is 0.177. The topological polar surface area (TPSA) is 72.5 Å². The predicted octanol–water partition coefficient (Wildman–Crippen LogP) is 4.64. The van der Waals surface area contributed by atoms with Gasteiger partial charge in [0.25, 0.3) is 0 Å². The van der Waals surface area contributed by atoms with E-state index in [4.69, 9.17) is 16.3 Å². The highest BCUT2D eigenvalue weighted by atomic mass is 35.5. The lowest BCUT2D eigenvalue weighted by Crippen LogP contribution is -2.12. The summed E-state index contributed by atoms with van der Waals surface area (Å²) >= 11 is 6.29. The van der Waals surface area contributed by atoms with Crippen LogP contribution in [0.4, 0.5) is 5.69 Å². The van der Waals surface area contributed by atoms with Crippen LogP contribution in [0.25, 0.3) is 11.1 Å². The number of halogens is 1. The van der Waals surface area contributed by atoms with Crippen LogP contribution in [0, 0.1) is 0 Å². The van der Waals surface area contributed by atoms with Gasteiger partial charge in [-0.3, -0.25) is 9.52 Å². The molecule has 3 rings (SSSR count). The van der Waals surface area contributed by atoms with E-state index < -0.39 is 10.0 Å². The lowest BCUT2D eigenvalue weighted by Gasteiger charge is -2.10. The van der Waals surface area contributed by atoms with Crippen molar-refractivity contribution in [3.8, 4) is 16.9 Å². The molecule has 0 bridgehead atoms. The Labute approximate surface area is 169 Å². The number of nitrogens with one attached hydrogen (secondary N) is 1. The molecule has 7 heteroatoms. The van der Waals surface area contributed by atoms with E-state index in [2.05, 4.69) is 4.72 Å². The normalized spacial score (nSPS) is 11.1. The van der Waals surface area contributed by atoms with Crippen LogP contribution in [0.1, 0.15) is 10.4 Å². The maximum absolute atomic E-state index is 12.3. The number of sulfonamides is 1. The van der Waals surface area contributed by atoms with E-state index in [0.717, 1.165) is 17.4 Å². The number of hydrogen-bond acceptors (Lipinski definition) is 4. The fourth-order valence-corrected chi connectivity index (χ4v) is 3.39. The first kappa shape index (κ1) is 19.9. The van der Waals surface area contributed by atoms with Crippen molar-refractivity contribution in [2.24, 2.45) is 0 Å². The summed E-state index contributed by atoms with van der Waals surface area (Å²) in [5, 5.41) is 0.418. The second-order valence-electron chi connectivity index (χ2n) is 6.17. The molecule has 0 spiro atoms. The van der Waals surface area contributed by atoms with Gasteiger partial charge in [-0.25, -0.2) is 8.42 Å². The van der Waals surface area contributed by atoms with Crippen molar-refractivity contribution in [1.82, 2.24) is 0 Å². The number of ketones is 1. The number of benzene rings is 3. The number of rotatable bonds is 7. The number of carbonyl (C=O) groups excluding carboxylic acids is 1. The molecule has 0 aromatic heterocycles. The Hall–Kier alpha value is -2.83. The molecule has 0 radical (unpaired) electrons. The lowest BCUT2D eigenvalue weighted by molar-refractivity contribution is 0.0921. The quantitative estimate of drug-likeness (QED) is 0.570. The van der Waals surface area contributed by atoms with Crippen molar-refractivity contribution in [1.29, 1.82) is 0 Å². The van der Waals surface area contributed by atoms with Gasteiger partial charge in [-0.2, -0.15) is 0 Å². The molecule has 0 amide bonds. The molecule has 0 saturated heterocycles. The van der Waals surface area contributed by atoms with Gasteiger partial charge >= 0.3 is 0 Å². The van der Waals surface area contributed by atoms with Crippen molar-refractivity contribution in [3.63, 3.8) is 0 Å². The molecule has 3 aromatic rings. The number of carbonyl (C=O) groups is 1. The van der Waals surface area contributed by atoms with E-state index in [1.807, 2.05) is 36.4 Å². The van der Waals surface area contributed by atoms with Crippen molar-refractivity contribution in [3.05, 3.63) is 83.4 Å². The van der Waals surface area contributed by atoms with Gasteiger partial charge in [0.15, 0.2) is 12.4 Å². The average Bonchev–Trinajstić information content (AvgIpc) is 2.67. The van der Waals surface area contributed by atoms with Crippen molar-refractivity contribution >= 4 is 33.1 Å². The van der Waals surface area contributed by atoms with Gasteiger partial charge in [0.1, 0.15) is 5.75 Å². The maximum atomic E-state index is 12.3. The molecule has 0 unspecified atom stereocenters. The van der Waals surface area contributed by atoms with Crippen LogP contribution in [0.3, 0.4) is 0 Å². The van der Waals surface area contributed by atoms with E-state index in [0.29, 0.717) is 22.0 Å². The van der Waals surface area contributed by atoms with Crippen molar-refractivity contribution < 1.29 is 17.9 Å². The molecular weight excluding hydrogens is 398 g/mol. The van der Waals surface area contributed by atoms with Crippen LogP contribution in [-0.2, 0) is 10.0 Å². The molecule has 0 fully saturated rings. The van der Waals surface area contributed by atoms with Crippen LogP contribution >= 0.6 is 11.6 Å². The van der Waals surface area contributed by atoms with Gasteiger partial charge in [0, 0.05) is 11.3 Å². The summed E-state index contributed by atoms with van der Waals surface area (Å²) in [6, 6.07) is 21.3. The summed E-state index contributed by atoms with van der Waals surface area (Å²) in [4.78, 5) is 12.3. The van der Waals surface area contributed by atoms with E-state index >= 15 is 0 Å². The van der Waals surface area contributed by atoms with Crippen LogP contribution in [-0.4, -0.2) is 27.1 Å².